The summed E-state index contributed by atoms with van der Waals surface area (Å²) in [5.74, 6) is 1.95. The first-order valence-electron chi connectivity index (χ1n) is 16.6. The van der Waals surface area contributed by atoms with Crippen molar-refractivity contribution in [3.05, 3.63) is 164 Å². The molecule has 0 saturated carbocycles. The summed E-state index contributed by atoms with van der Waals surface area (Å²) in [4.78, 5) is 15.4. The lowest BCUT2D eigenvalue weighted by Gasteiger charge is -2.14. The van der Waals surface area contributed by atoms with Crippen LogP contribution in [0.5, 0.6) is 0 Å². The first-order valence-corrected chi connectivity index (χ1v) is 18.2. The van der Waals surface area contributed by atoms with Crippen molar-refractivity contribution >= 4 is 63.0 Å². The minimum absolute atomic E-state index is 0.648. The van der Waals surface area contributed by atoms with Crippen molar-refractivity contribution in [2.24, 2.45) is 0 Å². The van der Waals surface area contributed by atoms with Crippen LogP contribution in [0.25, 0.3) is 96.8 Å². The van der Waals surface area contributed by atoms with E-state index in [2.05, 4.69) is 127 Å². The predicted molar refractivity (Wildman–Crippen MR) is 213 cm³/mol. The number of nitrogens with zero attached hydrogens (tertiary/aromatic N) is 3. The van der Waals surface area contributed by atoms with Crippen LogP contribution in [0.4, 0.5) is 0 Å². The summed E-state index contributed by atoms with van der Waals surface area (Å²) in [5, 5.41) is 5.15. The van der Waals surface area contributed by atoms with Crippen LogP contribution in [0.2, 0.25) is 0 Å². The summed E-state index contributed by atoms with van der Waals surface area (Å²) in [6.45, 7) is 0. The lowest BCUT2D eigenvalue weighted by molar-refractivity contribution is 1.07. The average molecular weight is 674 g/mol. The third kappa shape index (κ3) is 4.90. The third-order valence-electron chi connectivity index (χ3n) is 9.36. The SMILES string of the molecule is c1ccc(-c2nc(-c3ccccc3)nc(-c3cc(-c4cccc5c4sc4ccccc45)ccc3-c3ccc4c(c3)sc3ccccc34)n2)cc1. The summed E-state index contributed by atoms with van der Waals surface area (Å²) < 4.78 is 5.13. The van der Waals surface area contributed by atoms with Gasteiger partial charge in [0.15, 0.2) is 17.5 Å². The molecule has 0 aliphatic heterocycles. The van der Waals surface area contributed by atoms with E-state index in [0.717, 1.165) is 33.4 Å². The highest BCUT2D eigenvalue weighted by Crippen LogP contribution is 2.43. The number of rotatable bonds is 5. The van der Waals surface area contributed by atoms with Crippen LogP contribution in [0.1, 0.15) is 0 Å². The summed E-state index contributed by atoms with van der Waals surface area (Å²) in [7, 11) is 0. The molecule has 50 heavy (non-hydrogen) atoms. The van der Waals surface area contributed by atoms with Crippen molar-refractivity contribution in [1.29, 1.82) is 0 Å². The zero-order valence-electron chi connectivity index (χ0n) is 26.7. The van der Waals surface area contributed by atoms with Gasteiger partial charge in [-0.25, -0.2) is 15.0 Å². The summed E-state index contributed by atoms with van der Waals surface area (Å²) >= 11 is 3.68. The Kier molecular flexibility index (Phi) is 6.86. The number of benzene rings is 7. The Morgan fingerprint density at radius 1 is 0.300 bits per heavy atom. The van der Waals surface area contributed by atoms with Crippen LogP contribution >= 0.6 is 22.7 Å². The molecule has 0 spiro atoms. The number of fused-ring (bicyclic) bond motifs is 6. The van der Waals surface area contributed by atoms with Gasteiger partial charge in [-0.1, -0.05) is 140 Å². The van der Waals surface area contributed by atoms with E-state index in [0.29, 0.717) is 17.5 Å². The van der Waals surface area contributed by atoms with E-state index in [-0.39, 0.29) is 0 Å². The lowest BCUT2D eigenvalue weighted by Crippen LogP contribution is -2.01. The Bertz CT molecular complexity index is 2810. The van der Waals surface area contributed by atoms with Crippen molar-refractivity contribution in [2.75, 3.05) is 0 Å². The fourth-order valence-corrected chi connectivity index (χ4v) is 9.33. The van der Waals surface area contributed by atoms with Gasteiger partial charge in [0, 0.05) is 57.0 Å². The molecule has 0 bridgehead atoms. The molecule has 7 aromatic carbocycles. The Hall–Kier alpha value is -6.01. The van der Waals surface area contributed by atoms with Crippen molar-refractivity contribution in [2.45, 2.75) is 0 Å². The van der Waals surface area contributed by atoms with Crippen molar-refractivity contribution in [3.8, 4) is 56.4 Å². The number of thiophene rings is 2. The molecule has 0 N–H and O–H groups in total. The third-order valence-corrected chi connectivity index (χ3v) is 11.7. The van der Waals surface area contributed by atoms with Crippen molar-refractivity contribution in [1.82, 2.24) is 15.0 Å². The summed E-state index contributed by atoms with van der Waals surface area (Å²) in [5.41, 5.74) is 7.43. The fourth-order valence-electron chi connectivity index (χ4n) is 6.95. The molecule has 0 saturated heterocycles. The summed E-state index contributed by atoms with van der Waals surface area (Å²) in [6.07, 6.45) is 0. The minimum Gasteiger partial charge on any atom is -0.208 e. The van der Waals surface area contributed by atoms with Gasteiger partial charge in [0.2, 0.25) is 0 Å². The van der Waals surface area contributed by atoms with Gasteiger partial charge in [0.25, 0.3) is 0 Å². The first-order chi connectivity index (χ1) is 24.8. The lowest BCUT2D eigenvalue weighted by atomic mass is 9.93. The maximum Gasteiger partial charge on any atom is 0.164 e. The molecule has 0 aliphatic carbocycles. The topological polar surface area (TPSA) is 38.7 Å². The van der Waals surface area contributed by atoms with E-state index < -0.39 is 0 Å². The molecule has 3 nitrogen and oxygen atoms in total. The maximum atomic E-state index is 5.20. The van der Waals surface area contributed by atoms with Gasteiger partial charge in [0.05, 0.1) is 0 Å². The predicted octanol–water partition coefficient (Wildman–Crippen LogP) is 12.9. The van der Waals surface area contributed by atoms with E-state index >= 15 is 0 Å². The molecule has 5 heteroatoms. The van der Waals surface area contributed by atoms with Crippen LogP contribution in [0, 0.1) is 0 Å². The second-order valence-corrected chi connectivity index (χ2v) is 14.5. The van der Waals surface area contributed by atoms with Gasteiger partial charge in [-0.2, -0.15) is 0 Å². The van der Waals surface area contributed by atoms with Crippen LogP contribution in [-0.4, -0.2) is 15.0 Å². The minimum atomic E-state index is 0.648. The van der Waals surface area contributed by atoms with Crippen LogP contribution < -0.4 is 0 Å². The highest BCUT2D eigenvalue weighted by molar-refractivity contribution is 7.26. The Balaban J connectivity index is 1.24. The normalized spacial score (nSPS) is 11.6. The van der Waals surface area contributed by atoms with Crippen LogP contribution in [0.3, 0.4) is 0 Å². The molecule has 0 radical (unpaired) electrons. The van der Waals surface area contributed by atoms with Crippen molar-refractivity contribution in [3.63, 3.8) is 0 Å². The molecular formula is C45H27N3S2. The maximum absolute atomic E-state index is 5.20. The summed E-state index contributed by atoms with van der Waals surface area (Å²) in [6, 6.07) is 57.9. The second kappa shape index (κ2) is 11.8. The molecule has 0 atom stereocenters. The number of aromatic nitrogens is 3. The highest BCUT2D eigenvalue weighted by atomic mass is 32.1. The number of hydrogen-bond acceptors (Lipinski definition) is 5. The van der Waals surface area contributed by atoms with Gasteiger partial charge >= 0.3 is 0 Å². The van der Waals surface area contributed by atoms with Gasteiger partial charge in [-0.05, 0) is 46.5 Å². The quantitative estimate of drug-likeness (QED) is 0.182. The molecular weight excluding hydrogens is 647 g/mol. The standard InChI is InChI=1S/C45H27N3S2/c1-3-12-28(13-4-1)43-46-44(29-14-5-2-6-15-29)48-45(47-43)38-26-30(33-18-11-19-37-35-17-8-10-21-40(35)50-42(33)37)22-24-32(38)31-23-25-36-34-16-7-9-20-39(34)49-41(36)27-31/h1-27H. The molecule has 0 amide bonds. The Labute approximate surface area is 296 Å². The highest BCUT2D eigenvalue weighted by Gasteiger charge is 2.19. The smallest absolute Gasteiger partial charge is 0.164 e. The van der Waals surface area contributed by atoms with Crippen LogP contribution in [-0.2, 0) is 0 Å². The fraction of sp³-hybridized carbons (Fsp3) is 0. The molecule has 0 aliphatic rings. The van der Waals surface area contributed by atoms with E-state index in [4.69, 9.17) is 15.0 Å². The Morgan fingerprint density at radius 2 is 0.840 bits per heavy atom. The zero-order valence-corrected chi connectivity index (χ0v) is 28.4. The average Bonchev–Trinajstić information content (AvgIpc) is 3.76. The second-order valence-electron chi connectivity index (χ2n) is 12.4. The first kappa shape index (κ1) is 29.0. The zero-order chi connectivity index (χ0) is 33.0. The molecule has 3 aromatic heterocycles. The van der Waals surface area contributed by atoms with Gasteiger partial charge in [0.1, 0.15) is 0 Å². The van der Waals surface area contributed by atoms with Gasteiger partial charge < -0.3 is 0 Å². The van der Waals surface area contributed by atoms with Crippen molar-refractivity contribution < 1.29 is 0 Å². The molecule has 3 heterocycles. The largest absolute Gasteiger partial charge is 0.208 e. The van der Waals surface area contributed by atoms with Gasteiger partial charge in [-0.3, -0.25) is 0 Å². The molecule has 0 fully saturated rings. The number of hydrogen-bond donors (Lipinski definition) is 0. The van der Waals surface area contributed by atoms with E-state index in [1.165, 1.54) is 45.9 Å². The molecule has 0 unspecified atom stereocenters. The molecule has 234 valence electrons. The van der Waals surface area contributed by atoms with Gasteiger partial charge in [-0.15, -0.1) is 22.7 Å². The van der Waals surface area contributed by atoms with Crippen LogP contribution in [0.15, 0.2) is 164 Å². The van der Waals surface area contributed by atoms with E-state index in [1.54, 1.807) is 0 Å². The van der Waals surface area contributed by atoms with E-state index in [1.807, 2.05) is 59.1 Å². The molecule has 10 aromatic rings. The van der Waals surface area contributed by atoms with E-state index in [9.17, 15) is 0 Å². The monoisotopic (exact) mass is 673 g/mol. The molecule has 10 rings (SSSR count). The Morgan fingerprint density at radius 3 is 1.56 bits per heavy atom.